The van der Waals surface area contributed by atoms with E-state index in [4.69, 9.17) is 0 Å². The Balaban J connectivity index is 1.40. The molecule has 1 amide bonds. The predicted molar refractivity (Wildman–Crippen MR) is 147 cm³/mol. The molecular formula is C29H29N3O3S. The van der Waals surface area contributed by atoms with Gasteiger partial charge in [-0.3, -0.25) is 4.79 Å². The Morgan fingerprint density at radius 3 is 2.69 bits per heavy atom. The van der Waals surface area contributed by atoms with Crippen LogP contribution in [0, 0.1) is 5.92 Å². The van der Waals surface area contributed by atoms with Crippen LogP contribution in [0.3, 0.4) is 0 Å². The third kappa shape index (κ3) is 4.84. The van der Waals surface area contributed by atoms with Gasteiger partial charge in [-0.15, -0.1) is 11.3 Å². The number of carboxylic acids is 1. The molecule has 2 aromatic carbocycles. The summed E-state index contributed by atoms with van der Waals surface area (Å²) in [5.41, 5.74) is 4.24. The lowest BCUT2D eigenvalue weighted by Gasteiger charge is -2.32. The van der Waals surface area contributed by atoms with Crippen molar-refractivity contribution in [2.45, 2.75) is 33.1 Å². The van der Waals surface area contributed by atoms with E-state index in [1.54, 1.807) is 41.7 Å². The minimum atomic E-state index is -1.22. The van der Waals surface area contributed by atoms with Crippen LogP contribution in [-0.4, -0.2) is 35.8 Å². The number of carbonyl (C=O) groups is 2. The van der Waals surface area contributed by atoms with Gasteiger partial charge >= 0.3 is 5.97 Å². The zero-order chi connectivity index (χ0) is 25.2. The van der Waals surface area contributed by atoms with Crippen molar-refractivity contribution >= 4 is 46.4 Å². The van der Waals surface area contributed by atoms with E-state index in [9.17, 15) is 14.7 Å². The molecule has 0 atom stereocenters. The second-order valence-electron chi connectivity index (χ2n) is 9.58. The molecule has 0 unspecified atom stereocenters. The summed E-state index contributed by atoms with van der Waals surface area (Å²) >= 11 is 1.54. The first-order valence-corrected chi connectivity index (χ1v) is 13.1. The zero-order valence-corrected chi connectivity index (χ0v) is 21.3. The number of benzene rings is 2. The summed E-state index contributed by atoms with van der Waals surface area (Å²) in [6.45, 7) is 6.72. The molecule has 36 heavy (non-hydrogen) atoms. The molecule has 2 aliphatic heterocycles. The maximum absolute atomic E-state index is 13.1. The van der Waals surface area contributed by atoms with Crippen LogP contribution in [0.5, 0.6) is 0 Å². The number of carboxylic acid groups (broad SMARTS) is 1. The number of amides is 1. The van der Waals surface area contributed by atoms with Gasteiger partial charge in [0, 0.05) is 28.5 Å². The number of para-hydroxylation sites is 1. The highest BCUT2D eigenvalue weighted by Crippen LogP contribution is 2.36. The highest BCUT2D eigenvalue weighted by Gasteiger charge is 2.35. The molecule has 1 aromatic heterocycles. The summed E-state index contributed by atoms with van der Waals surface area (Å²) in [6.07, 6.45) is 5.06. The Morgan fingerprint density at radius 2 is 1.94 bits per heavy atom. The Morgan fingerprint density at radius 1 is 1.14 bits per heavy atom. The summed E-state index contributed by atoms with van der Waals surface area (Å²) in [7, 11) is 0. The fourth-order valence-corrected chi connectivity index (χ4v) is 5.60. The first-order chi connectivity index (χ1) is 17.4. The molecule has 0 radical (unpaired) electrons. The number of thiophene rings is 1. The second-order valence-corrected chi connectivity index (χ2v) is 10.7. The van der Waals surface area contributed by atoms with E-state index in [2.05, 4.69) is 42.0 Å². The molecule has 3 heterocycles. The fraction of sp³-hybridized carbons (Fsp3) is 0.276. The van der Waals surface area contributed by atoms with Crippen molar-refractivity contribution in [1.82, 2.24) is 0 Å². The molecule has 184 valence electrons. The summed E-state index contributed by atoms with van der Waals surface area (Å²) < 4.78 is 0. The van der Waals surface area contributed by atoms with Crippen LogP contribution in [0.2, 0.25) is 0 Å². The third-order valence-corrected chi connectivity index (χ3v) is 7.63. The molecule has 0 spiro atoms. The quantitative estimate of drug-likeness (QED) is 0.400. The van der Waals surface area contributed by atoms with Crippen molar-refractivity contribution < 1.29 is 14.7 Å². The number of aryl methyl sites for hydroxylation is 1. The van der Waals surface area contributed by atoms with Crippen molar-refractivity contribution in [2.75, 3.05) is 23.0 Å². The van der Waals surface area contributed by atoms with Gasteiger partial charge in [0.05, 0.1) is 11.3 Å². The van der Waals surface area contributed by atoms with Crippen LogP contribution in [-0.2, 0) is 16.0 Å². The molecule has 3 aromatic rings. The smallest absolute Gasteiger partial charge is 0.357 e. The normalized spacial score (nSPS) is 16.6. The van der Waals surface area contributed by atoms with Crippen LogP contribution in [0.1, 0.15) is 37.1 Å². The number of carbonyl (C=O) groups excluding carboxylic acids is 1. The Hall–Kier alpha value is -3.71. The van der Waals surface area contributed by atoms with E-state index in [0.29, 0.717) is 11.6 Å². The van der Waals surface area contributed by atoms with Gasteiger partial charge in [-0.25, -0.2) is 4.79 Å². The average molecular weight is 500 g/mol. The molecule has 6 nitrogen and oxygen atoms in total. The van der Waals surface area contributed by atoms with Gasteiger partial charge in [0.25, 0.3) is 5.91 Å². The highest BCUT2D eigenvalue weighted by molar-refractivity contribution is 7.16. The maximum atomic E-state index is 13.1. The largest absolute Gasteiger partial charge is 0.476 e. The van der Waals surface area contributed by atoms with Gasteiger partial charge < -0.3 is 10.0 Å². The van der Waals surface area contributed by atoms with Crippen LogP contribution < -0.4 is 9.91 Å². The highest BCUT2D eigenvalue weighted by atomic mass is 32.1. The van der Waals surface area contributed by atoms with Gasteiger partial charge in [-0.1, -0.05) is 38.1 Å². The fourth-order valence-electron chi connectivity index (χ4n) is 4.65. The van der Waals surface area contributed by atoms with E-state index in [1.807, 2.05) is 18.2 Å². The lowest BCUT2D eigenvalue weighted by atomic mass is 9.98. The first-order valence-electron chi connectivity index (χ1n) is 12.3. The van der Waals surface area contributed by atoms with Crippen LogP contribution >= 0.6 is 11.3 Å². The molecule has 2 aliphatic rings. The number of aliphatic carboxylic acids is 1. The lowest BCUT2D eigenvalue weighted by Crippen LogP contribution is -2.30. The van der Waals surface area contributed by atoms with Gasteiger partial charge in [0.2, 0.25) is 0 Å². The summed E-state index contributed by atoms with van der Waals surface area (Å²) in [4.78, 5) is 29.3. The molecular weight excluding hydrogens is 470 g/mol. The minimum Gasteiger partial charge on any atom is -0.476 e. The molecule has 0 fully saturated rings. The number of fused-ring (bicyclic) bond motifs is 1. The number of rotatable bonds is 7. The third-order valence-electron chi connectivity index (χ3n) is 6.55. The minimum absolute atomic E-state index is 0.0889. The Kier molecular flexibility index (Phi) is 6.74. The summed E-state index contributed by atoms with van der Waals surface area (Å²) in [6, 6.07) is 19.5. The van der Waals surface area contributed by atoms with Crippen LogP contribution in [0.4, 0.5) is 11.4 Å². The number of hydrogen-bond acceptors (Lipinski definition) is 5. The Labute approximate surface area is 215 Å². The molecule has 0 aliphatic carbocycles. The van der Waals surface area contributed by atoms with Crippen molar-refractivity contribution in [1.29, 1.82) is 0 Å². The van der Waals surface area contributed by atoms with Crippen molar-refractivity contribution in [3.05, 3.63) is 76.7 Å². The lowest BCUT2D eigenvalue weighted by molar-refractivity contribution is -0.129. The van der Waals surface area contributed by atoms with E-state index < -0.39 is 11.9 Å². The molecule has 0 saturated carbocycles. The molecule has 7 heteroatoms. The number of hydrazone groups is 1. The van der Waals surface area contributed by atoms with Gasteiger partial charge in [0.1, 0.15) is 0 Å². The molecule has 1 N–H and O–H groups in total. The molecule has 0 saturated heterocycles. The van der Waals surface area contributed by atoms with E-state index in [-0.39, 0.29) is 11.3 Å². The van der Waals surface area contributed by atoms with Crippen molar-refractivity contribution in [3.8, 4) is 10.4 Å². The topological polar surface area (TPSA) is 73.2 Å². The number of hydrogen-bond donors (Lipinski definition) is 1. The first kappa shape index (κ1) is 24.0. The van der Waals surface area contributed by atoms with Gasteiger partial charge in [-0.2, -0.15) is 10.1 Å². The number of nitrogens with zero attached hydrogens (tertiary/aromatic N) is 3. The van der Waals surface area contributed by atoms with Gasteiger partial charge in [-0.05, 0) is 78.8 Å². The van der Waals surface area contributed by atoms with Gasteiger partial charge in [0.15, 0.2) is 5.71 Å². The summed E-state index contributed by atoms with van der Waals surface area (Å²) in [5, 5.41) is 14.9. The monoisotopic (exact) mass is 499 g/mol. The van der Waals surface area contributed by atoms with Crippen molar-refractivity contribution in [2.24, 2.45) is 11.0 Å². The SMILES string of the molecule is CC(C)CCN1CCCc2cc(-c3ccc(/C=C4\C(=O)N(c5ccccc5)N=C4C(=O)O)s3)ccc21. The zero-order valence-electron chi connectivity index (χ0n) is 20.5. The Bertz CT molecular complexity index is 1360. The molecule has 0 bridgehead atoms. The van der Waals surface area contributed by atoms with Crippen molar-refractivity contribution in [3.63, 3.8) is 0 Å². The second kappa shape index (κ2) is 10.1. The molecule has 5 rings (SSSR count). The standard InChI is InChI=1S/C29H29N3O3S/c1-19(2)14-16-31-15-6-7-20-17-21(10-12-25(20)31)26-13-11-23(36-26)18-24-27(29(34)35)30-32(28(24)33)22-8-4-3-5-9-22/h3-5,8-13,17-19H,6-7,14-16H2,1-2H3,(H,34,35)/b24-18-. The van der Waals surface area contributed by atoms with E-state index in [1.165, 1.54) is 17.7 Å². The predicted octanol–water partition coefficient (Wildman–Crippen LogP) is 6.08. The number of anilines is 2. The van der Waals surface area contributed by atoms with Crippen LogP contribution in [0.25, 0.3) is 16.5 Å². The van der Waals surface area contributed by atoms with E-state index in [0.717, 1.165) is 46.3 Å². The van der Waals surface area contributed by atoms with E-state index >= 15 is 0 Å². The summed E-state index contributed by atoms with van der Waals surface area (Å²) in [5.74, 6) is -0.975. The maximum Gasteiger partial charge on any atom is 0.357 e. The average Bonchev–Trinajstić information content (AvgIpc) is 3.48. The van der Waals surface area contributed by atoms with Crippen LogP contribution in [0.15, 0.2) is 71.3 Å².